The Kier molecular flexibility index (Phi) is 6.59. The monoisotopic (exact) mass is 370 g/mol. The number of hydrogen-bond acceptors (Lipinski definition) is 6. The molecule has 2 rings (SSSR count). The molecule has 9 heteroatoms. The maximum Gasteiger partial charge on any atom is 0.273 e. The third-order valence-electron chi connectivity index (χ3n) is 3.57. The van der Waals surface area contributed by atoms with E-state index in [0.29, 0.717) is 11.3 Å². The summed E-state index contributed by atoms with van der Waals surface area (Å²) in [5, 5.41) is 17.1. The number of aryl methyl sites for hydroxylation is 1. The van der Waals surface area contributed by atoms with Crippen LogP contribution in [0, 0.1) is 17.0 Å². The maximum absolute atomic E-state index is 12.0. The smallest absolute Gasteiger partial charge is 0.273 e. The van der Waals surface area contributed by atoms with Gasteiger partial charge in [-0.25, -0.2) is 5.43 Å². The van der Waals surface area contributed by atoms with Crippen molar-refractivity contribution in [3.05, 3.63) is 69.3 Å². The average molecular weight is 370 g/mol. The average Bonchev–Trinajstić information content (AvgIpc) is 2.66. The quantitative estimate of drug-likeness (QED) is 0.437. The molecule has 0 bridgehead atoms. The van der Waals surface area contributed by atoms with E-state index in [0.717, 1.165) is 5.56 Å². The fourth-order valence-electron chi connectivity index (χ4n) is 2.15. The number of nitrogens with zero attached hydrogens (tertiary/aromatic N) is 2. The minimum Gasteiger partial charge on any atom is -0.497 e. The number of rotatable bonds is 7. The Balaban J connectivity index is 1.88. The van der Waals surface area contributed by atoms with Gasteiger partial charge in [-0.1, -0.05) is 18.2 Å². The molecule has 0 fully saturated rings. The Hall–Kier alpha value is -3.75. The van der Waals surface area contributed by atoms with Gasteiger partial charge in [-0.2, -0.15) is 5.10 Å². The predicted octanol–water partition coefficient (Wildman–Crippen LogP) is 1.79. The van der Waals surface area contributed by atoms with E-state index >= 15 is 0 Å². The molecule has 0 saturated heterocycles. The normalized spacial score (nSPS) is 10.4. The van der Waals surface area contributed by atoms with E-state index in [2.05, 4.69) is 15.8 Å². The first kappa shape index (κ1) is 19.6. The highest BCUT2D eigenvalue weighted by Gasteiger charge is 2.15. The molecule has 2 aromatic rings. The van der Waals surface area contributed by atoms with E-state index in [-0.39, 0.29) is 17.8 Å². The molecule has 0 atom stereocenters. The zero-order valence-electron chi connectivity index (χ0n) is 14.8. The Morgan fingerprint density at radius 2 is 2.04 bits per heavy atom. The molecule has 2 aromatic carbocycles. The number of hydrogen-bond donors (Lipinski definition) is 2. The van der Waals surface area contributed by atoms with Gasteiger partial charge in [0.15, 0.2) is 0 Å². The molecule has 0 unspecified atom stereocenters. The van der Waals surface area contributed by atoms with Gasteiger partial charge < -0.3 is 10.1 Å². The molecule has 0 aliphatic carbocycles. The van der Waals surface area contributed by atoms with Crippen LogP contribution in [0.3, 0.4) is 0 Å². The highest BCUT2D eigenvalue weighted by molar-refractivity contribution is 5.97. The van der Waals surface area contributed by atoms with Gasteiger partial charge in [0.05, 0.1) is 24.8 Å². The summed E-state index contributed by atoms with van der Waals surface area (Å²) in [5.74, 6) is -0.473. The van der Waals surface area contributed by atoms with E-state index < -0.39 is 16.7 Å². The van der Waals surface area contributed by atoms with E-state index in [1.54, 1.807) is 38.3 Å². The van der Waals surface area contributed by atoms with Crippen LogP contribution >= 0.6 is 0 Å². The number of amides is 2. The number of carbonyl (C=O) groups excluding carboxylic acids is 2. The zero-order valence-corrected chi connectivity index (χ0v) is 14.8. The third kappa shape index (κ3) is 5.63. The molecule has 0 radical (unpaired) electrons. The zero-order chi connectivity index (χ0) is 19.8. The van der Waals surface area contributed by atoms with Crippen molar-refractivity contribution in [1.29, 1.82) is 0 Å². The Labute approximate surface area is 155 Å². The van der Waals surface area contributed by atoms with Gasteiger partial charge in [0.2, 0.25) is 0 Å². The fourth-order valence-corrected chi connectivity index (χ4v) is 2.15. The minimum absolute atomic E-state index is 0.0972. The van der Waals surface area contributed by atoms with Crippen molar-refractivity contribution in [2.24, 2.45) is 5.10 Å². The summed E-state index contributed by atoms with van der Waals surface area (Å²) >= 11 is 0. The second-order valence-corrected chi connectivity index (χ2v) is 5.51. The molecule has 0 aliphatic heterocycles. The highest BCUT2D eigenvalue weighted by atomic mass is 16.6. The second-order valence-electron chi connectivity index (χ2n) is 5.51. The van der Waals surface area contributed by atoms with Gasteiger partial charge >= 0.3 is 0 Å². The molecule has 140 valence electrons. The molecule has 0 aliphatic rings. The molecule has 0 heterocycles. The lowest BCUT2D eigenvalue weighted by Gasteiger charge is -2.05. The number of methoxy groups -OCH3 is 1. The van der Waals surface area contributed by atoms with Crippen LogP contribution in [0.1, 0.15) is 21.5 Å². The number of hydrazone groups is 1. The number of nitro groups is 1. The molecule has 27 heavy (non-hydrogen) atoms. The summed E-state index contributed by atoms with van der Waals surface area (Å²) in [4.78, 5) is 34.1. The lowest BCUT2D eigenvalue weighted by Crippen LogP contribution is -2.34. The van der Waals surface area contributed by atoms with Crippen molar-refractivity contribution < 1.29 is 19.2 Å². The van der Waals surface area contributed by atoms with Gasteiger partial charge in [-0.05, 0) is 30.7 Å². The summed E-state index contributed by atoms with van der Waals surface area (Å²) < 4.78 is 5.08. The van der Waals surface area contributed by atoms with Crippen molar-refractivity contribution in [3.63, 3.8) is 0 Å². The van der Waals surface area contributed by atoms with Crippen molar-refractivity contribution in [2.75, 3.05) is 13.7 Å². The van der Waals surface area contributed by atoms with Crippen molar-refractivity contribution in [3.8, 4) is 5.75 Å². The summed E-state index contributed by atoms with van der Waals surface area (Å²) in [7, 11) is 1.55. The van der Waals surface area contributed by atoms with E-state index in [9.17, 15) is 19.7 Å². The van der Waals surface area contributed by atoms with Crippen LogP contribution in [-0.4, -0.2) is 36.6 Å². The predicted molar refractivity (Wildman–Crippen MR) is 98.9 cm³/mol. The summed E-state index contributed by atoms with van der Waals surface area (Å²) in [5.41, 5.74) is 3.39. The number of nitro benzene ring substituents is 1. The first-order valence-corrected chi connectivity index (χ1v) is 7.90. The first-order chi connectivity index (χ1) is 12.9. The standard InChI is InChI=1S/C18H18N4O5/c1-12-6-7-14(9-16(12)22(25)26)18(24)19-11-17(23)21-20-10-13-4-3-5-15(8-13)27-2/h3-10H,11H2,1-2H3,(H,19,24)(H,21,23)/b20-10-. The van der Waals surface area contributed by atoms with Gasteiger partial charge in [-0.3, -0.25) is 19.7 Å². The highest BCUT2D eigenvalue weighted by Crippen LogP contribution is 2.19. The Bertz CT molecular complexity index is 895. The van der Waals surface area contributed by atoms with Crippen LogP contribution in [-0.2, 0) is 4.79 Å². The Morgan fingerprint density at radius 1 is 1.26 bits per heavy atom. The molecule has 9 nitrogen and oxygen atoms in total. The molecule has 0 spiro atoms. The van der Waals surface area contributed by atoms with E-state index in [1.165, 1.54) is 24.4 Å². The van der Waals surface area contributed by atoms with Crippen LogP contribution in [0.2, 0.25) is 0 Å². The first-order valence-electron chi connectivity index (χ1n) is 7.90. The van der Waals surface area contributed by atoms with Crippen molar-refractivity contribution >= 4 is 23.7 Å². The second kappa shape index (κ2) is 9.09. The lowest BCUT2D eigenvalue weighted by molar-refractivity contribution is -0.385. The van der Waals surface area contributed by atoms with Crippen LogP contribution in [0.5, 0.6) is 5.75 Å². The third-order valence-corrected chi connectivity index (χ3v) is 3.57. The van der Waals surface area contributed by atoms with E-state index in [1.807, 2.05) is 0 Å². The number of ether oxygens (including phenoxy) is 1. The lowest BCUT2D eigenvalue weighted by atomic mass is 10.1. The number of nitrogens with one attached hydrogen (secondary N) is 2. The Morgan fingerprint density at radius 3 is 2.74 bits per heavy atom. The molecular formula is C18H18N4O5. The van der Waals surface area contributed by atoms with Crippen molar-refractivity contribution in [2.45, 2.75) is 6.92 Å². The fraction of sp³-hybridized carbons (Fsp3) is 0.167. The minimum atomic E-state index is -0.593. The summed E-state index contributed by atoms with van der Waals surface area (Å²) in [6.45, 7) is 1.25. The van der Waals surface area contributed by atoms with Crippen LogP contribution in [0.25, 0.3) is 0 Å². The molecule has 2 amide bonds. The number of carbonyl (C=O) groups is 2. The number of benzene rings is 2. The van der Waals surface area contributed by atoms with Crippen LogP contribution in [0.4, 0.5) is 5.69 Å². The maximum atomic E-state index is 12.0. The summed E-state index contributed by atoms with van der Waals surface area (Å²) in [6, 6.07) is 11.2. The van der Waals surface area contributed by atoms with Gasteiger partial charge in [0.25, 0.3) is 17.5 Å². The summed E-state index contributed by atoms with van der Waals surface area (Å²) in [6.07, 6.45) is 1.44. The van der Waals surface area contributed by atoms with Gasteiger partial charge in [-0.15, -0.1) is 0 Å². The van der Waals surface area contributed by atoms with Gasteiger partial charge in [0, 0.05) is 17.2 Å². The SMILES string of the molecule is COc1cccc(/C=N\NC(=O)CNC(=O)c2ccc(C)c([N+](=O)[O-])c2)c1. The van der Waals surface area contributed by atoms with E-state index in [4.69, 9.17) is 4.74 Å². The molecular weight excluding hydrogens is 352 g/mol. The van der Waals surface area contributed by atoms with Gasteiger partial charge in [0.1, 0.15) is 5.75 Å². The molecule has 0 aromatic heterocycles. The molecule has 0 saturated carbocycles. The van der Waals surface area contributed by atoms with Crippen LogP contribution < -0.4 is 15.5 Å². The van der Waals surface area contributed by atoms with Crippen LogP contribution in [0.15, 0.2) is 47.6 Å². The topological polar surface area (TPSA) is 123 Å². The largest absolute Gasteiger partial charge is 0.497 e. The van der Waals surface area contributed by atoms with Crippen molar-refractivity contribution in [1.82, 2.24) is 10.7 Å². The molecule has 2 N–H and O–H groups in total.